The molecule has 0 fully saturated rings. The Kier molecular flexibility index (Phi) is 6.16. The predicted molar refractivity (Wildman–Crippen MR) is 84.4 cm³/mol. The molecule has 1 atom stereocenters. The smallest absolute Gasteiger partial charge is 0.137 e. The number of hydrogen-bond acceptors (Lipinski definition) is 4. The first kappa shape index (κ1) is 15.4. The molecule has 4 heteroatoms. The fraction of sp³-hybridized carbons (Fsp3) is 0.412. The third-order valence-corrected chi connectivity index (χ3v) is 3.48. The summed E-state index contributed by atoms with van der Waals surface area (Å²) in [4.78, 5) is 8.33. The van der Waals surface area contributed by atoms with Crippen molar-refractivity contribution in [2.75, 3.05) is 13.7 Å². The third-order valence-electron chi connectivity index (χ3n) is 3.48. The van der Waals surface area contributed by atoms with Gasteiger partial charge in [0.1, 0.15) is 5.75 Å². The second-order valence-electron chi connectivity index (χ2n) is 5.06. The summed E-state index contributed by atoms with van der Waals surface area (Å²) in [5, 5.41) is 3.60. The van der Waals surface area contributed by atoms with Crippen LogP contribution in [0, 0.1) is 0 Å². The van der Waals surface area contributed by atoms with Gasteiger partial charge in [0.25, 0.3) is 0 Å². The fourth-order valence-corrected chi connectivity index (χ4v) is 2.30. The van der Waals surface area contributed by atoms with Crippen molar-refractivity contribution in [2.45, 2.75) is 32.2 Å². The molecule has 2 heterocycles. The highest BCUT2D eigenvalue weighted by Gasteiger charge is 2.12. The Bertz CT molecular complexity index is 531. The maximum Gasteiger partial charge on any atom is 0.137 e. The van der Waals surface area contributed by atoms with E-state index in [-0.39, 0.29) is 0 Å². The maximum absolute atomic E-state index is 5.27. The van der Waals surface area contributed by atoms with Crippen molar-refractivity contribution in [1.29, 1.82) is 0 Å². The van der Waals surface area contributed by atoms with E-state index in [0.717, 1.165) is 31.6 Å². The summed E-state index contributed by atoms with van der Waals surface area (Å²) in [6.07, 6.45) is 10.5. The van der Waals surface area contributed by atoms with Crippen molar-refractivity contribution in [3.63, 3.8) is 0 Å². The molecule has 4 nitrogen and oxygen atoms in total. The van der Waals surface area contributed by atoms with Crippen LogP contribution in [0.25, 0.3) is 0 Å². The molecule has 0 aliphatic carbocycles. The molecule has 0 bridgehead atoms. The van der Waals surface area contributed by atoms with Crippen molar-refractivity contribution in [3.8, 4) is 5.75 Å². The van der Waals surface area contributed by atoms with E-state index < -0.39 is 0 Å². The van der Waals surface area contributed by atoms with E-state index in [0.29, 0.717) is 6.04 Å². The van der Waals surface area contributed by atoms with Gasteiger partial charge >= 0.3 is 0 Å². The van der Waals surface area contributed by atoms with Crippen LogP contribution in [0.1, 0.15) is 36.9 Å². The minimum Gasteiger partial charge on any atom is -0.495 e. The molecule has 21 heavy (non-hydrogen) atoms. The third kappa shape index (κ3) is 4.83. The Labute approximate surface area is 126 Å². The molecule has 2 rings (SSSR count). The summed E-state index contributed by atoms with van der Waals surface area (Å²) in [6.45, 7) is 3.18. The van der Waals surface area contributed by atoms with E-state index in [1.165, 1.54) is 11.1 Å². The number of ether oxygens (including phenoxy) is 1. The van der Waals surface area contributed by atoms with Gasteiger partial charge in [-0.3, -0.25) is 9.97 Å². The highest BCUT2D eigenvalue weighted by atomic mass is 16.5. The van der Waals surface area contributed by atoms with E-state index in [2.05, 4.69) is 40.4 Å². The van der Waals surface area contributed by atoms with Crippen molar-refractivity contribution < 1.29 is 4.74 Å². The lowest BCUT2D eigenvalue weighted by atomic mass is 10.0. The topological polar surface area (TPSA) is 47.0 Å². The first-order valence-electron chi connectivity index (χ1n) is 7.44. The van der Waals surface area contributed by atoms with Crippen LogP contribution in [0.5, 0.6) is 5.75 Å². The zero-order valence-electron chi connectivity index (χ0n) is 12.7. The molecule has 1 N–H and O–H groups in total. The van der Waals surface area contributed by atoms with Gasteiger partial charge < -0.3 is 10.1 Å². The normalized spacial score (nSPS) is 12.1. The van der Waals surface area contributed by atoms with Crippen LogP contribution in [0.2, 0.25) is 0 Å². The summed E-state index contributed by atoms with van der Waals surface area (Å²) in [5.41, 5.74) is 2.49. The summed E-state index contributed by atoms with van der Waals surface area (Å²) >= 11 is 0. The molecule has 0 saturated heterocycles. The average molecular weight is 285 g/mol. The van der Waals surface area contributed by atoms with Crippen LogP contribution < -0.4 is 10.1 Å². The average Bonchev–Trinajstić information content (AvgIpc) is 2.56. The van der Waals surface area contributed by atoms with Crippen LogP contribution in [0.15, 0.2) is 43.0 Å². The molecule has 2 aromatic rings. The summed E-state index contributed by atoms with van der Waals surface area (Å²) in [5.74, 6) is 0.805. The van der Waals surface area contributed by atoms with E-state index in [4.69, 9.17) is 4.74 Å². The van der Waals surface area contributed by atoms with Gasteiger partial charge in [0.05, 0.1) is 13.3 Å². The molecule has 0 saturated carbocycles. The second-order valence-corrected chi connectivity index (χ2v) is 5.06. The molecule has 0 spiro atoms. The van der Waals surface area contributed by atoms with Gasteiger partial charge in [0.2, 0.25) is 0 Å². The largest absolute Gasteiger partial charge is 0.495 e. The number of hydrogen-bond donors (Lipinski definition) is 1. The van der Waals surface area contributed by atoms with Gasteiger partial charge in [-0.2, -0.15) is 0 Å². The van der Waals surface area contributed by atoms with Crippen molar-refractivity contribution in [2.24, 2.45) is 0 Å². The number of nitrogens with one attached hydrogen (secondary N) is 1. The molecular weight excluding hydrogens is 262 g/mol. The number of rotatable bonds is 8. The van der Waals surface area contributed by atoms with Gasteiger partial charge in [-0.05, 0) is 55.1 Å². The zero-order valence-corrected chi connectivity index (χ0v) is 12.7. The van der Waals surface area contributed by atoms with Gasteiger partial charge in [-0.25, -0.2) is 0 Å². The fourth-order valence-electron chi connectivity index (χ4n) is 2.30. The Hall–Kier alpha value is -1.94. The monoisotopic (exact) mass is 285 g/mol. The van der Waals surface area contributed by atoms with E-state index in [9.17, 15) is 0 Å². The highest BCUT2D eigenvalue weighted by Crippen LogP contribution is 2.22. The minimum atomic E-state index is 0.292. The van der Waals surface area contributed by atoms with E-state index >= 15 is 0 Å². The molecule has 0 aromatic carbocycles. The van der Waals surface area contributed by atoms with Gasteiger partial charge in [-0.15, -0.1) is 0 Å². The van der Waals surface area contributed by atoms with E-state index in [1.54, 1.807) is 13.3 Å². The van der Waals surface area contributed by atoms with Crippen molar-refractivity contribution in [1.82, 2.24) is 15.3 Å². The number of methoxy groups -OCH3 is 1. The lowest BCUT2D eigenvalue weighted by molar-refractivity contribution is 0.410. The minimum absolute atomic E-state index is 0.292. The summed E-state index contributed by atoms with van der Waals surface area (Å²) in [6, 6.07) is 6.49. The molecule has 2 aromatic heterocycles. The van der Waals surface area contributed by atoms with Crippen molar-refractivity contribution >= 4 is 0 Å². The zero-order chi connectivity index (χ0) is 14.9. The lowest BCUT2D eigenvalue weighted by Gasteiger charge is -2.19. The number of pyridine rings is 2. The first-order chi connectivity index (χ1) is 10.3. The van der Waals surface area contributed by atoms with Crippen LogP contribution >= 0.6 is 0 Å². The second kappa shape index (κ2) is 8.37. The summed E-state index contributed by atoms with van der Waals surface area (Å²) in [7, 11) is 1.67. The molecule has 1 unspecified atom stereocenters. The van der Waals surface area contributed by atoms with Crippen molar-refractivity contribution in [3.05, 3.63) is 54.1 Å². The maximum atomic E-state index is 5.27. The molecule has 0 radical (unpaired) electrons. The summed E-state index contributed by atoms with van der Waals surface area (Å²) < 4.78 is 5.27. The Morgan fingerprint density at radius 2 is 2.00 bits per heavy atom. The van der Waals surface area contributed by atoms with E-state index in [1.807, 2.05) is 18.6 Å². The van der Waals surface area contributed by atoms with Crippen LogP contribution in [-0.2, 0) is 6.42 Å². The number of nitrogens with zero attached hydrogens (tertiary/aromatic N) is 2. The molecular formula is C17H23N3O. The molecule has 0 aliphatic rings. The van der Waals surface area contributed by atoms with Gasteiger partial charge in [0.15, 0.2) is 0 Å². The van der Waals surface area contributed by atoms with Crippen LogP contribution in [0.4, 0.5) is 0 Å². The standard InChI is InChI=1S/C17H23N3O/c1-3-8-20-17(5-4-14-6-9-18-10-7-14)15-11-16(21-2)13-19-12-15/h6-7,9-13,17,20H,3-5,8H2,1-2H3. The molecule has 112 valence electrons. The number of aryl methyl sites for hydroxylation is 1. The highest BCUT2D eigenvalue weighted by molar-refractivity contribution is 5.26. The van der Waals surface area contributed by atoms with Crippen LogP contribution in [0.3, 0.4) is 0 Å². The predicted octanol–water partition coefficient (Wildman–Crippen LogP) is 3.16. The Morgan fingerprint density at radius 3 is 2.71 bits per heavy atom. The van der Waals surface area contributed by atoms with Gasteiger partial charge in [-0.1, -0.05) is 6.92 Å². The SMILES string of the molecule is CCCNC(CCc1ccncc1)c1cncc(OC)c1. The lowest BCUT2D eigenvalue weighted by Crippen LogP contribution is -2.23. The van der Waals surface area contributed by atoms with Gasteiger partial charge in [0, 0.05) is 24.6 Å². The quantitative estimate of drug-likeness (QED) is 0.809. The Morgan fingerprint density at radius 1 is 1.19 bits per heavy atom. The number of aromatic nitrogens is 2. The Balaban J connectivity index is 2.06. The first-order valence-corrected chi connectivity index (χ1v) is 7.44. The molecule has 0 aliphatic heterocycles. The van der Waals surface area contributed by atoms with Crippen LogP contribution in [-0.4, -0.2) is 23.6 Å². The molecule has 0 amide bonds.